The van der Waals surface area contributed by atoms with E-state index in [1.807, 2.05) is 18.2 Å². The van der Waals surface area contributed by atoms with E-state index in [-0.39, 0.29) is 12.9 Å². The molecule has 4 rings (SSSR count). The lowest BCUT2D eigenvalue weighted by molar-refractivity contribution is 0.0427. The average Bonchev–Trinajstić information content (AvgIpc) is 3.21. The Kier molecular flexibility index (Phi) is 6.24. The van der Waals surface area contributed by atoms with E-state index in [0.29, 0.717) is 40.1 Å². The van der Waals surface area contributed by atoms with Crippen LogP contribution in [0, 0.1) is 17.8 Å². The fraction of sp³-hybridized carbons (Fsp3) is 0.500. The molecule has 2 aromatic rings. The van der Waals surface area contributed by atoms with Gasteiger partial charge in [-0.25, -0.2) is 0 Å². The topological polar surface area (TPSA) is 65.0 Å². The summed E-state index contributed by atoms with van der Waals surface area (Å²) in [6, 6.07) is 14.3. The van der Waals surface area contributed by atoms with Crippen molar-refractivity contribution in [3.05, 3.63) is 54.1 Å². The molecule has 1 aliphatic carbocycles. The van der Waals surface area contributed by atoms with Crippen molar-refractivity contribution in [1.82, 2.24) is 0 Å². The number of aliphatic hydroxyl groups excluding tert-OH is 1. The summed E-state index contributed by atoms with van der Waals surface area (Å²) in [4.78, 5) is 0. The highest BCUT2D eigenvalue weighted by Crippen LogP contribution is 2.60. The van der Waals surface area contributed by atoms with Crippen molar-refractivity contribution in [2.45, 2.75) is 52.0 Å². The molecule has 0 unspecified atom stereocenters. The van der Waals surface area contributed by atoms with Crippen LogP contribution in [-0.2, 0) is 9.09 Å². The molecule has 0 aromatic heterocycles. The maximum atomic E-state index is 14.4. The van der Waals surface area contributed by atoms with Crippen LogP contribution in [0.25, 0.3) is 0 Å². The van der Waals surface area contributed by atoms with E-state index >= 15 is 0 Å². The van der Waals surface area contributed by atoms with Gasteiger partial charge in [0.1, 0.15) is 0 Å². The number of rotatable bonds is 6. The van der Waals surface area contributed by atoms with Crippen molar-refractivity contribution in [2.75, 3.05) is 6.79 Å². The fourth-order valence-corrected chi connectivity index (χ4v) is 6.91. The van der Waals surface area contributed by atoms with Gasteiger partial charge < -0.3 is 19.1 Å². The summed E-state index contributed by atoms with van der Waals surface area (Å²) in [5.74, 6) is 1.16. The number of ether oxygens (including phenoxy) is 2. The minimum Gasteiger partial charge on any atom is -0.454 e. The lowest BCUT2D eigenvalue weighted by Crippen LogP contribution is -2.35. The first-order valence-corrected chi connectivity index (χ1v) is 12.5. The second-order valence-electron chi connectivity index (χ2n) is 8.89. The molecule has 162 valence electrons. The Hall–Kier alpha value is -1.81. The van der Waals surface area contributed by atoms with Crippen LogP contribution in [0.4, 0.5) is 0 Å². The highest BCUT2D eigenvalue weighted by molar-refractivity contribution is 7.67. The number of hydrogen-bond donors (Lipinski definition) is 1. The van der Waals surface area contributed by atoms with Gasteiger partial charge in [-0.3, -0.25) is 4.57 Å². The van der Waals surface area contributed by atoms with Crippen LogP contribution in [0.5, 0.6) is 11.5 Å². The van der Waals surface area contributed by atoms with Gasteiger partial charge in [-0.05, 0) is 60.4 Å². The van der Waals surface area contributed by atoms with Crippen molar-refractivity contribution in [3.8, 4) is 11.5 Å². The predicted molar refractivity (Wildman–Crippen MR) is 117 cm³/mol. The molecule has 0 bridgehead atoms. The molecule has 5 atom stereocenters. The van der Waals surface area contributed by atoms with Crippen LogP contribution >= 0.6 is 7.37 Å². The molecule has 6 heteroatoms. The smallest absolute Gasteiger partial charge is 0.264 e. The Balaban J connectivity index is 1.71. The van der Waals surface area contributed by atoms with Gasteiger partial charge >= 0.3 is 0 Å². The van der Waals surface area contributed by atoms with E-state index in [9.17, 15) is 9.67 Å². The predicted octanol–water partition coefficient (Wildman–Crippen LogP) is 5.49. The fourth-order valence-electron chi connectivity index (χ4n) is 4.60. The normalized spacial score (nSPS) is 26.4. The zero-order valence-corrected chi connectivity index (χ0v) is 18.8. The van der Waals surface area contributed by atoms with Crippen LogP contribution in [0.15, 0.2) is 48.5 Å². The molecule has 2 aromatic carbocycles. The van der Waals surface area contributed by atoms with E-state index in [0.717, 1.165) is 19.3 Å². The molecule has 2 aliphatic rings. The summed E-state index contributed by atoms with van der Waals surface area (Å²) in [5, 5.41) is 11.9. The first kappa shape index (κ1) is 21.4. The Labute approximate surface area is 178 Å². The Morgan fingerprint density at radius 1 is 1.07 bits per heavy atom. The van der Waals surface area contributed by atoms with Crippen molar-refractivity contribution in [2.24, 2.45) is 17.8 Å². The summed E-state index contributed by atoms with van der Waals surface area (Å²) < 4.78 is 31.7. The lowest BCUT2D eigenvalue weighted by Gasteiger charge is -2.39. The van der Waals surface area contributed by atoms with E-state index < -0.39 is 13.2 Å². The average molecular weight is 430 g/mol. The summed E-state index contributed by atoms with van der Waals surface area (Å²) in [6.07, 6.45) is 2.91. The zero-order valence-electron chi connectivity index (χ0n) is 17.9. The van der Waals surface area contributed by atoms with E-state index in [2.05, 4.69) is 20.8 Å². The number of aliphatic hydroxyl groups is 1. The first-order chi connectivity index (χ1) is 14.4. The van der Waals surface area contributed by atoms with Gasteiger partial charge in [0.2, 0.25) is 6.79 Å². The molecule has 1 heterocycles. The lowest BCUT2D eigenvalue weighted by atomic mass is 9.75. The zero-order chi connectivity index (χ0) is 21.3. The van der Waals surface area contributed by atoms with Crippen molar-refractivity contribution >= 4 is 12.7 Å². The van der Waals surface area contributed by atoms with Gasteiger partial charge in [0.15, 0.2) is 17.3 Å². The molecule has 0 radical (unpaired) electrons. The molecule has 30 heavy (non-hydrogen) atoms. The summed E-state index contributed by atoms with van der Waals surface area (Å²) >= 11 is 0. The molecule has 1 aliphatic heterocycles. The van der Waals surface area contributed by atoms with Crippen LogP contribution in [0.2, 0.25) is 0 Å². The molecule has 0 spiro atoms. The molecule has 0 amide bonds. The van der Waals surface area contributed by atoms with Crippen LogP contribution in [-0.4, -0.2) is 18.0 Å². The summed E-state index contributed by atoms with van der Waals surface area (Å²) in [6.45, 7) is 6.75. The maximum Gasteiger partial charge on any atom is 0.264 e. The largest absolute Gasteiger partial charge is 0.454 e. The third-order valence-electron chi connectivity index (χ3n) is 6.39. The second kappa shape index (κ2) is 8.74. The van der Waals surface area contributed by atoms with E-state index in [1.165, 1.54) is 0 Å². The summed E-state index contributed by atoms with van der Waals surface area (Å²) in [5.41, 5.74) is 0.511. The van der Waals surface area contributed by atoms with Gasteiger partial charge in [0.25, 0.3) is 7.37 Å². The Bertz CT molecular complexity index is 913. The Morgan fingerprint density at radius 2 is 1.80 bits per heavy atom. The third-order valence-corrected chi connectivity index (χ3v) is 8.93. The highest BCUT2D eigenvalue weighted by atomic mass is 31.2. The van der Waals surface area contributed by atoms with Crippen LogP contribution in [0.1, 0.15) is 51.4 Å². The second-order valence-corrected chi connectivity index (χ2v) is 11.3. The van der Waals surface area contributed by atoms with E-state index in [1.54, 1.807) is 30.3 Å². The van der Waals surface area contributed by atoms with Crippen LogP contribution < -0.4 is 14.8 Å². The number of benzene rings is 2. The maximum absolute atomic E-state index is 14.4. The highest BCUT2D eigenvalue weighted by Gasteiger charge is 2.43. The first-order valence-electron chi connectivity index (χ1n) is 10.8. The van der Waals surface area contributed by atoms with Gasteiger partial charge in [-0.2, -0.15) is 0 Å². The molecule has 1 saturated carbocycles. The van der Waals surface area contributed by atoms with E-state index in [4.69, 9.17) is 14.0 Å². The summed E-state index contributed by atoms with van der Waals surface area (Å²) in [7, 11) is -3.62. The van der Waals surface area contributed by atoms with Gasteiger partial charge in [-0.1, -0.05) is 51.5 Å². The number of fused-ring (bicyclic) bond motifs is 1. The van der Waals surface area contributed by atoms with Crippen molar-refractivity contribution in [1.29, 1.82) is 0 Å². The quantitative estimate of drug-likeness (QED) is 0.614. The monoisotopic (exact) mass is 430 g/mol. The minimum absolute atomic E-state index is 0.150. The standard InChI is InChI=1S/C24H31O5P/c1-16(2)20-11-9-17(3)13-22(20)29-30(26,19-7-5-4-6-8-19)24(25)18-10-12-21-23(14-18)28-15-27-21/h4-8,10,12,14,16-17,20,22,24-25H,9,11,13,15H2,1-3H3/t17-,20+,22+,24-,30+/m1/s1. The Morgan fingerprint density at radius 3 is 2.53 bits per heavy atom. The number of hydrogen-bond acceptors (Lipinski definition) is 5. The van der Waals surface area contributed by atoms with Gasteiger partial charge in [-0.15, -0.1) is 0 Å². The van der Waals surface area contributed by atoms with Crippen molar-refractivity contribution < 1.29 is 23.7 Å². The molecule has 1 N–H and O–H groups in total. The molecule has 0 saturated heterocycles. The minimum atomic E-state index is -3.62. The van der Waals surface area contributed by atoms with Gasteiger partial charge in [0, 0.05) is 5.30 Å². The molecular formula is C24H31O5P. The molecular weight excluding hydrogens is 399 g/mol. The van der Waals surface area contributed by atoms with Gasteiger partial charge in [0.05, 0.1) is 6.10 Å². The van der Waals surface area contributed by atoms with Crippen molar-refractivity contribution in [3.63, 3.8) is 0 Å². The van der Waals surface area contributed by atoms with Crippen LogP contribution in [0.3, 0.4) is 0 Å². The SMILES string of the molecule is CC(C)[C@@H]1CC[C@@H](C)C[C@@H]1O[P@@](=O)(c1ccccc1)[C@@H](O)c1ccc2c(c1)OCO2. The molecule has 5 nitrogen and oxygen atoms in total. The third kappa shape index (κ3) is 4.16. The molecule has 1 fully saturated rings.